The van der Waals surface area contributed by atoms with Gasteiger partial charge in [0.25, 0.3) is 0 Å². The van der Waals surface area contributed by atoms with Crippen molar-refractivity contribution in [2.24, 2.45) is 5.84 Å². The standard InChI is InChI=1S/C13H16BrFN4O/c1-20-7-6-19-12(4-5-17-19)13(18-16)10-8-9(14)2-3-11(10)15/h2-5,8,13,18H,6-7,16H2,1H3. The number of hydrogen-bond acceptors (Lipinski definition) is 4. The van der Waals surface area contributed by atoms with E-state index in [4.69, 9.17) is 10.6 Å². The summed E-state index contributed by atoms with van der Waals surface area (Å²) >= 11 is 3.34. The first-order valence-corrected chi connectivity index (χ1v) is 6.88. The minimum Gasteiger partial charge on any atom is -0.383 e. The molecule has 2 rings (SSSR count). The third kappa shape index (κ3) is 3.24. The summed E-state index contributed by atoms with van der Waals surface area (Å²) in [6, 6.07) is 6.08. The Morgan fingerprint density at radius 1 is 1.50 bits per heavy atom. The van der Waals surface area contributed by atoms with Crippen molar-refractivity contribution in [3.8, 4) is 0 Å². The molecule has 0 bridgehead atoms. The van der Waals surface area contributed by atoms with E-state index in [9.17, 15) is 4.39 Å². The SMILES string of the molecule is COCCn1nccc1C(NN)c1cc(Br)ccc1F. The fourth-order valence-electron chi connectivity index (χ4n) is 2.02. The van der Waals surface area contributed by atoms with Gasteiger partial charge < -0.3 is 4.74 Å². The van der Waals surface area contributed by atoms with Gasteiger partial charge in [0, 0.05) is 23.3 Å². The van der Waals surface area contributed by atoms with Gasteiger partial charge in [0.1, 0.15) is 5.82 Å². The highest BCUT2D eigenvalue weighted by molar-refractivity contribution is 9.10. The zero-order chi connectivity index (χ0) is 14.5. The van der Waals surface area contributed by atoms with Crippen LogP contribution in [-0.2, 0) is 11.3 Å². The molecule has 108 valence electrons. The van der Waals surface area contributed by atoms with Crippen LogP contribution in [0.25, 0.3) is 0 Å². The van der Waals surface area contributed by atoms with Gasteiger partial charge in [0.15, 0.2) is 0 Å². The lowest BCUT2D eigenvalue weighted by Crippen LogP contribution is -2.31. The van der Waals surface area contributed by atoms with Gasteiger partial charge in [0.2, 0.25) is 0 Å². The van der Waals surface area contributed by atoms with Crippen LogP contribution in [0.4, 0.5) is 4.39 Å². The Bertz CT molecular complexity index is 575. The lowest BCUT2D eigenvalue weighted by molar-refractivity contribution is 0.182. The predicted molar refractivity (Wildman–Crippen MR) is 77.4 cm³/mol. The summed E-state index contributed by atoms with van der Waals surface area (Å²) in [4.78, 5) is 0. The Morgan fingerprint density at radius 3 is 3.00 bits per heavy atom. The quantitative estimate of drug-likeness (QED) is 0.622. The Kier molecular flexibility index (Phi) is 5.24. The van der Waals surface area contributed by atoms with Crippen molar-refractivity contribution < 1.29 is 9.13 Å². The smallest absolute Gasteiger partial charge is 0.128 e. The summed E-state index contributed by atoms with van der Waals surface area (Å²) in [7, 11) is 1.62. The minimum atomic E-state index is -0.480. The van der Waals surface area contributed by atoms with Gasteiger partial charge in [-0.25, -0.2) is 9.82 Å². The molecule has 0 amide bonds. The van der Waals surface area contributed by atoms with Crippen LogP contribution in [0.15, 0.2) is 34.9 Å². The van der Waals surface area contributed by atoms with E-state index in [1.165, 1.54) is 6.07 Å². The third-order valence-electron chi connectivity index (χ3n) is 2.99. The van der Waals surface area contributed by atoms with E-state index in [1.54, 1.807) is 36.2 Å². The largest absolute Gasteiger partial charge is 0.383 e. The maximum atomic E-state index is 14.0. The molecule has 0 saturated carbocycles. The van der Waals surface area contributed by atoms with Crippen LogP contribution in [-0.4, -0.2) is 23.5 Å². The monoisotopic (exact) mass is 342 g/mol. The van der Waals surface area contributed by atoms with E-state index in [0.29, 0.717) is 18.7 Å². The van der Waals surface area contributed by atoms with Crippen LogP contribution in [0.5, 0.6) is 0 Å². The summed E-state index contributed by atoms with van der Waals surface area (Å²) < 4.78 is 21.6. The lowest BCUT2D eigenvalue weighted by Gasteiger charge is -2.19. The number of hydrogen-bond donors (Lipinski definition) is 2. The summed E-state index contributed by atoms with van der Waals surface area (Å²) in [5.74, 6) is 5.28. The Hall–Kier alpha value is -1.28. The summed E-state index contributed by atoms with van der Waals surface area (Å²) in [5.41, 5.74) is 3.88. The van der Waals surface area contributed by atoms with Crippen LogP contribution >= 0.6 is 15.9 Å². The van der Waals surface area contributed by atoms with E-state index in [2.05, 4.69) is 26.5 Å². The molecule has 0 saturated heterocycles. The first-order chi connectivity index (χ1) is 9.67. The van der Waals surface area contributed by atoms with Crippen LogP contribution in [0, 0.1) is 5.82 Å². The second kappa shape index (κ2) is 6.94. The first kappa shape index (κ1) is 15.1. The highest BCUT2D eigenvalue weighted by Crippen LogP contribution is 2.26. The van der Waals surface area contributed by atoms with Crippen LogP contribution in [0.2, 0.25) is 0 Å². The highest BCUT2D eigenvalue weighted by atomic mass is 79.9. The molecule has 1 heterocycles. The molecule has 1 unspecified atom stereocenters. The molecule has 0 spiro atoms. The summed E-state index contributed by atoms with van der Waals surface area (Å²) in [5, 5.41) is 4.21. The minimum absolute atomic E-state index is 0.323. The van der Waals surface area contributed by atoms with E-state index < -0.39 is 6.04 Å². The molecule has 20 heavy (non-hydrogen) atoms. The second-order valence-electron chi connectivity index (χ2n) is 4.24. The average molecular weight is 343 g/mol. The van der Waals surface area contributed by atoms with E-state index in [-0.39, 0.29) is 5.82 Å². The molecule has 0 aliphatic rings. The molecule has 5 nitrogen and oxygen atoms in total. The number of aromatic nitrogens is 2. The van der Waals surface area contributed by atoms with Crippen molar-refractivity contribution in [1.29, 1.82) is 0 Å². The number of methoxy groups -OCH3 is 1. The average Bonchev–Trinajstić information content (AvgIpc) is 2.89. The number of ether oxygens (including phenoxy) is 1. The van der Waals surface area contributed by atoms with Crippen LogP contribution in [0.3, 0.4) is 0 Å². The number of benzene rings is 1. The molecule has 7 heteroatoms. The lowest BCUT2D eigenvalue weighted by atomic mass is 10.0. The molecule has 0 aliphatic carbocycles. The molecule has 0 radical (unpaired) electrons. The molecule has 1 atom stereocenters. The maximum absolute atomic E-state index is 14.0. The summed E-state index contributed by atoms with van der Waals surface area (Å²) in [6.07, 6.45) is 1.66. The Morgan fingerprint density at radius 2 is 2.30 bits per heavy atom. The molecule has 1 aromatic carbocycles. The number of nitrogens with zero attached hydrogens (tertiary/aromatic N) is 2. The molecular weight excluding hydrogens is 327 g/mol. The maximum Gasteiger partial charge on any atom is 0.128 e. The number of nitrogens with two attached hydrogens (primary N) is 1. The van der Waals surface area contributed by atoms with Crippen molar-refractivity contribution in [3.05, 3.63) is 52.0 Å². The molecular formula is C13H16BrFN4O. The molecule has 0 fully saturated rings. The van der Waals surface area contributed by atoms with E-state index in [1.807, 2.05) is 0 Å². The third-order valence-corrected chi connectivity index (χ3v) is 3.48. The second-order valence-corrected chi connectivity index (χ2v) is 5.15. The van der Waals surface area contributed by atoms with Crippen LogP contribution < -0.4 is 11.3 Å². The van der Waals surface area contributed by atoms with Gasteiger partial charge >= 0.3 is 0 Å². The van der Waals surface area contributed by atoms with Gasteiger partial charge in [0.05, 0.1) is 24.9 Å². The Labute approximate surface area is 125 Å². The predicted octanol–water partition coefficient (Wildman–Crippen LogP) is 1.98. The topological polar surface area (TPSA) is 65.1 Å². The van der Waals surface area contributed by atoms with E-state index >= 15 is 0 Å². The number of rotatable bonds is 6. The van der Waals surface area contributed by atoms with Gasteiger partial charge in [-0.1, -0.05) is 15.9 Å². The van der Waals surface area contributed by atoms with Crippen molar-refractivity contribution >= 4 is 15.9 Å². The Balaban J connectivity index is 2.37. The number of halogens is 2. The van der Waals surface area contributed by atoms with Gasteiger partial charge in [-0.05, 0) is 24.3 Å². The molecule has 3 N–H and O–H groups in total. The first-order valence-electron chi connectivity index (χ1n) is 6.09. The zero-order valence-corrected chi connectivity index (χ0v) is 12.6. The number of nitrogens with one attached hydrogen (secondary N) is 1. The van der Waals surface area contributed by atoms with Gasteiger partial charge in [-0.3, -0.25) is 10.5 Å². The number of hydrazine groups is 1. The molecule has 2 aromatic rings. The molecule has 0 aliphatic heterocycles. The van der Waals surface area contributed by atoms with Crippen molar-refractivity contribution in [1.82, 2.24) is 15.2 Å². The fraction of sp³-hybridized carbons (Fsp3) is 0.308. The van der Waals surface area contributed by atoms with Gasteiger partial charge in [-0.15, -0.1) is 0 Å². The van der Waals surface area contributed by atoms with Crippen molar-refractivity contribution in [2.75, 3.05) is 13.7 Å². The highest BCUT2D eigenvalue weighted by Gasteiger charge is 2.20. The van der Waals surface area contributed by atoms with Crippen LogP contribution in [0.1, 0.15) is 17.3 Å². The van der Waals surface area contributed by atoms with Gasteiger partial charge in [-0.2, -0.15) is 5.10 Å². The van der Waals surface area contributed by atoms with Crippen molar-refractivity contribution in [3.63, 3.8) is 0 Å². The van der Waals surface area contributed by atoms with E-state index in [0.717, 1.165) is 10.2 Å². The van der Waals surface area contributed by atoms with Crippen molar-refractivity contribution in [2.45, 2.75) is 12.6 Å². The normalized spacial score (nSPS) is 12.6. The fourth-order valence-corrected chi connectivity index (χ4v) is 2.40. The summed E-state index contributed by atoms with van der Waals surface area (Å²) in [6.45, 7) is 1.10. The zero-order valence-electron chi connectivity index (χ0n) is 11.0. The molecule has 1 aromatic heterocycles.